The fourth-order valence-electron chi connectivity index (χ4n) is 2.20. The van der Waals surface area contributed by atoms with Gasteiger partial charge in [-0.1, -0.05) is 0 Å². The Balaban J connectivity index is 1.99. The summed E-state index contributed by atoms with van der Waals surface area (Å²) in [5.41, 5.74) is 5.44. The summed E-state index contributed by atoms with van der Waals surface area (Å²) in [6.07, 6.45) is 2.17. The number of nitrogens with zero attached hydrogens (tertiary/aromatic N) is 3. The predicted octanol–water partition coefficient (Wildman–Crippen LogP) is 0.438. The zero-order valence-corrected chi connectivity index (χ0v) is 12.0. The third-order valence-corrected chi connectivity index (χ3v) is 3.28. The molecular weight excluding hydrogens is 260 g/mol. The highest BCUT2D eigenvalue weighted by atomic mass is 16.5. The van der Waals surface area contributed by atoms with Crippen molar-refractivity contribution in [2.75, 3.05) is 45.4 Å². The lowest BCUT2D eigenvalue weighted by molar-refractivity contribution is 0.0420. The summed E-state index contributed by atoms with van der Waals surface area (Å²) in [5, 5.41) is 0. The summed E-state index contributed by atoms with van der Waals surface area (Å²) in [6, 6.07) is 1.67. The Morgan fingerprint density at radius 2 is 1.80 bits per heavy atom. The molecule has 7 heteroatoms. The highest BCUT2D eigenvalue weighted by Crippen LogP contribution is 2.23. The van der Waals surface area contributed by atoms with E-state index in [1.807, 2.05) is 0 Å². The summed E-state index contributed by atoms with van der Waals surface area (Å²) in [5.74, 6) is 1.65. The van der Waals surface area contributed by atoms with Gasteiger partial charge < -0.3 is 24.8 Å². The van der Waals surface area contributed by atoms with Gasteiger partial charge in [0.25, 0.3) is 0 Å². The number of hydrogen-bond acceptors (Lipinski definition) is 7. The van der Waals surface area contributed by atoms with Crippen LogP contribution in [0.3, 0.4) is 0 Å². The number of piperidine rings is 1. The molecule has 1 aliphatic rings. The van der Waals surface area contributed by atoms with Crippen molar-refractivity contribution in [2.24, 2.45) is 5.73 Å². The lowest BCUT2D eigenvalue weighted by atomic mass is 10.1. The molecule has 0 amide bonds. The van der Waals surface area contributed by atoms with E-state index in [4.69, 9.17) is 19.9 Å². The topological polar surface area (TPSA) is 82.7 Å². The second-order valence-corrected chi connectivity index (χ2v) is 4.60. The maximum atomic E-state index is 5.66. The van der Waals surface area contributed by atoms with E-state index in [1.165, 1.54) is 0 Å². The first-order chi connectivity index (χ1) is 9.76. The minimum Gasteiger partial charge on any atom is -0.481 e. The molecular formula is C13H22N4O3. The standard InChI is InChI=1S/C13H22N4O3/c1-18-11-9-12(19-2)16-13(15-11)17-6-3-10(4-7-17)20-8-5-14/h9-10H,3-8,14H2,1-2H3. The summed E-state index contributed by atoms with van der Waals surface area (Å²) >= 11 is 0. The maximum Gasteiger partial charge on any atom is 0.231 e. The number of nitrogens with two attached hydrogens (primary N) is 1. The molecule has 1 aliphatic heterocycles. The molecule has 112 valence electrons. The van der Waals surface area contributed by atoms with Crippen molar-refractivity contribution in [1.82, 2.24) is 9.97 Å². The first-order valence-corrected chi connectivity index (χ1v) is 6.80. The summed E-state index contributed by atoms with van der Waals surface area (Å²) < 4.78 is 16.0. The molecule has 2 heterocycles. The predicted molar refractivity (Wildman–Crippen MR) is 75.4 cm³/mol. The van der Waals surface area contributed by atoms with Crippen LogP contribution in [0.15, 0.2) is 6.07 Å². The smallest absolute Gasteiger partial charge is 0.231 e. The van der Waals surface area contributed by atoms with E-state index < -0.39 is 0 Å². The van der Waals surface area contributed by atoms with Gasteiger partial charge in [0.1, 0.15) is 0 Å². The van der Waals surface area contributed by atoms with E-state index in [9.17, 15) is 0 Å². The van der Waals surface area contributed by atoms with Gasteiger partial charge in [0.05, 0.1) is 33.0 Å². The molecule has 0 unspecified atom stereocenters. The Morgan fingerprint density at radius 1 is 1.20 bits per heavy atom. The van der Waals surface area contributed by atoms with Crippen molar-refractivity contribution in [3.63, 3.8) is 0 Å². The number of anilines is 1. The van der Waals surface area contributed by atoms with Gasteiger partial charge in [0, 0.05) is 19.6 Å². The highest BCUT2D eigenvalue weighted by molar-refractivity contribution is 5.37. The Labute approximate surface area is 119 Å². The average Bonchev–Trinajstić information content (AvgIpc) is 2.52. The van der Waals surface area contributed by atoms with Crippen LogP contribution in [0, 0.1) is 0 Å². The molecule has 0 aromatic carbocycles. The van der Waals surface area contributed by atoms with E-state index in [0.717, 1.165) is 25.9 Å². The van der Waals surface area contributed by atoms with Gasteiger partial charge in [-0.15, -0.1) is 0 Å². The first kappa shape index (κ1) is 14.8. The number of ether oxygens (including phenoxy) is 3. The molecule has 1 aromatic rings. The van der Waals surface area contributed by atoms with E-state index >= 15 is 0 Å². The van der Waals surface area contributed by atoms with Crippen LogP contribution >= 0.6 is 0 Å². The van der Waals surface area contributed by atoms with Crippen molar-refractivity contribution >= 4 is 5.95 Å². The van der Waals surface area contributed by atoms with Crippen molar-refractivity contribution < 1.29 is 14.2 Å². The van der Waals surface area contributed by atoms with Crippen LogP contribution in [-0.4, -0.2) is 56.5 Å². The monoisotopic (exact) mass is 282 g/mol. The zero-order chi connectivity index (χ0) is 14.4. The maximum absolute atomic E-state index is 5.66. The molecule has 0 bridgehead atoms. The average molecular weight is 282 g/mol. The van der Waals surface area contributed by atoms with E-state index in [-0.39, 0.29) is 6.10 Å². The Hall–Kier alpha value is -1.60. The summed E-state index contributed by atoms with van der Waals surface area (Å²) in [7, 11) is 3.16. The van der Waals surface area contributed by atoms with Crippen LogP contribution in [0.25, 0.3) is 0 Å². The third-order valence-electron chi connectivity index (χ3n) is 3.28. The molecule has 0 radical (unpaired) electrons. The second-order valence-electron chi connectivity index (χ2n) is 4.60. The fourth-order valence-corrected chi connectivity index (χ4v) is 2.20. The number of rotatable bonds is 6. The van der Waals surface area contributed by atoms with Gasteiger partial charge in [0.2, 0.25) is 17.7 Å². The summed E-state index contributed by atoms with van der Waals surface area (Å²) in [4.78, 5) is 10.8. The first-order valence-electron chi connectivity index (χ1n) is 6.80. The van der Waals surface area contributed by atoms with Gasteiger partial charge in [-0.25, -0.2) is 0 Å². The lowest BCUT2D eigenvalue weighted by Crippen LogP contribution is -2.38. The quantitative estimate of drug-likeness (QED) is 0.810. The minimum atomic E-state index is 0.280. The normalized spacial score (nSPS) is 16.2. The molecule has 1 fully saturated rings. The van der Waals surface area contributed by atoms with Crippen molar-refractivity contribution in [3.05, 3.63) is 6.07 Å². The Morgan fingerprint density at radius 3 is 2.30 bits per heavy atom. The molecule has 0 saturated carbocycles. The molecule has 1 aromatic heterocycles. The molecule has 20 heavy (non-hydrogen) atoms. The van der Waals surface area contributed by atoms with E-state index in [0.29, 0.717) is 30.9 Å². The third kappa shape index (κ3) is 3.71. The van der Waals surface area contributed by atoms with Crippen molar-refractivity contribution in [1.29, 1.82) is 0 Å². The van der Waals surface area contributed by atoms with Crippen LogP contribution in [0.1, 0.15) is 12.8 Å². The van der Waals surface area contributed by atoms with Gasteiger partial charge in [-0.2, -0.15) is 9.97 Å². The van der Waals surface area contributed by atoms with Crippen molar-refractivity contribution in [3.8, 4) is 11.8 Å². The largest absolute Gasteiger partial charge is 0.481 e. The number of hydrogen-bond donors (Lipinski definition) is 1. The van der Waals surface area contributed by atoms with Gasteiger partial charge in [-0.3, -0.25) is 0 Å². The molecule has 2 N–H and O–H groups in total. The fraction of sp³-hybridized carbons (Fsp3) is 0.692. The van der Waals surface area contributed by atoms with Gasteiger partial charge >= 0.3 is 0 Å². The van der Waals surface area contributed by atoms with E-state index in [2.05, 4.69) is 14.9 Å². The molecule has 0 spiro atoms. The minimum absolute atomic E-state index is 0.280. The number of aromatic nitrogens is 2. The zero-order valence-electron chi connectivity index (χ0n) is 12.0. The lowest BCUT2D eigenvalue weighted by Gasteiger charge is -2.32. The van der Waals surface area contributed by atoms with Crippen LogP contribution in [0.4, 0.5) is 5.95 Å². The van der Waals surface area contributed by atoms with Gasteiger partial charge in [0.15, 0.2) is 0 Å². The van der Waals surface area contributed by atoms with Gasteiger partial charge in [-0.05, 0) is 12.8 Å². The molecule has 0 aliphatic carbocycles. The van der Waals surface area contributed by atoms with Crippen LogP contribution in [0.2, 0.25) is 0 Å². The van der Waals surface area contributed by atoms with Crippen LogP contribution < -0.4 is 20.1 Å². The molecule has 2 rings (SSSR count). The van der Waals surface area contributed by atoms with E-state index in [1.54, 1.807) is 20.3 Å². The highest BCUT2D eigenvalue weighted by Gasteiger charge is 2.22. The molecule has 7 nitrogen and oxygen atoms in total. The van der Waals surface area contributed by atoms with Crippen molar-refractivity contribution in [2.45, 2.75) is 18.9 Å². The molecule has 1 saturated heterocycles. The Kier molecular flexibility index (Phi) is 5.37. The summed E-state index contributed by atoms with van der Waals surface area (Å²) in [6.45, 7) is 2.89. The second kappa shape index (κ2) is 7.25. The molecule has 0 atom stereocenters. The van der Waals surface area contributed by atoms with Crippen LogP contribution in [0.5, 0.6) is 11.8 Å². The SMILES string of the molecule is COc1cc(OC)nc(N2CCC(OCCN)CC2)n1. The number of methoxy groups -OCH3 is 2. The Bertz CT molecular complexity index is 400. The van der Waals surface area contributed by atoms with Crippen LogP contribution in [-0.2, 0) is 4.74 Å².